The standard InChI is InChI=1S/C8H17O4/c1-2-7(11)8(12)4-3-6(10)5-9/h7-12H,2-5H2,1H3. The van der Waals surface area contributed by atoms with Crippen molar-refractivity contribution in [2.24, 2.45) is 0 Å². The molecule has 1 radical (unpaired) electrons. The van der Waals surface area contributed by atoms with E-state index in [0.717, 1.165) is 0 Å². The zero-order chi connectivity index (χ0) is 9.56. The Morgan fingerprint density at radius 1 is 1.25 bits per heavy atom. The molecular weight excluding hydrogens is 160 g/mol. The lowest BCUT2D eigenvalue weighted by Gasteiger charge is -2.16. The summed E-state index contributed by atoms with van der Waals surface area (Å²) >= 11 is 0. The Labute approximate surface area is 72.5 Å². The van der Waals surface area contributed by atoms with Crippen LogP contribution in [0.5, 0.6) is 0 Å². The third kappa shape index (κ3) is 4.66. The number of hydrogen-bond acceptors (Lipinski definition) is 4. The van der Waals surface area contributed by atoms with Crippen molar-refractivity contribution >= 4 is 0 Å². The summed E-state index contributed by atoms with van der Waals surface area (Å²) in [5, 5.41) is 35.6. The van der Waals surface area contributed by atoms with Gasteiger partial charge in [-0.05, 0) is 19.3 Å². The first-order valence-electron chi connectivity index (χ1n) is 4.12. The molecule has 4 nitrogen and oxygen atoms in total. The summed E-state index contributed by atoms with van der Waals surface area (Å²) < 4.78 is 0. The number of hydrogen-bond donors (Lipinski definition) is 4. The summed E-state index contributed by atoms with van der Waals surface area (Å²) in [5.41, 5.74) is 0. The molecule has 0 spiro atoms. The van der Waals surface area contributed by atoms with Crippen LogP contribution in [0, 0.1) is 6.10 Å². The second-order valence-electron chi connectivity index (χ2n) is 2.81. The Bertz CT molecular complexity index is 107. The summed E-state index contributed by atoms with van der Waals surface area (Å²) in [7, 11) is 0. The second-order valence-corrected chi connectivity index (χ2v) is 2.81. The smallest absolute Gasteiger partial charge is 0.119 e. The van der Waals surface area contributed by atoms with Crippen LogP contribution in [0.4, 0.5) is 0 Å². The van der Waals surface area contributed by atoms with Gasteiger partial charge in [0.2, 0.25) is 0 Å². The predicted octanol–water partition coefficient (Wildman–Crippen LogP) is -0.205. The number of aliphatic hydroxyl groups is 4. The molecule has 0 heterocycles. The van der Waals surface area contributed by atoms with Crippen LogP contribution in [0.3, 0.4) is 0 Å². The van der Waals surface area contributed by atoms with Crippen molar-refractivity contribution in [1.82, 2.24) is 0 Å². The van der Waals surface area contributed by atoms with Crippen molar-refractivity contribution in [3.8, 4) is 0 Å². The van der Waals surface area contributed by atoms with E-state index in [-0.39, 0.29) is 25.6 Å². The Balaban J connectivity index is 3.49. The highest BCUT2D eigenvalue weighted by Crippen LogP contribution is 2.10. The zero-order valence-corrected chi connectivity index (χ0v) is 7.27. The molecule has 0 amide bonds. The van der Waals surface area contributed by atoms with Gasteiger partial charge in [0.05, 0.1) is 18.8 Å². The molecule has 0 aromatic heterocycles. The van der Waals surface area contributed by atoms with Gasteiger partial charge in [-0.2, -0.15) is 0 Å². The maximum absolute atomic E-state index is 9.21. The van der Waals surface area contributed by atoms with Crippen LogP contribution < -0.4 is 0 Å². The summed E-state index contributed by atoms with van der Waals surface area (Å²) in [6.07, 6.45) is -0.616. The van der Waals surface area contributed by atoms with Crippen LogP contribution in [0.1, 0.15) is 26.2 Å². The molecule has 0 saturated heterocycles. The van der Waals surface area contributed by atoms with Gasteiger partial charge in [0.15, 0.2) is 0 Å². The number of rotatable bonds is 6. The molecule has 0 saturated carbocycles. The molecule has 0 aliphatic rings. The van der Waals surface area contributed by atoms with E-state index in [2.05, 4.69) is 0 Å². The van der Waals surface area contributed by atoms with Gasteiger partial charge in [-0.1, -0.05) is 6.92 Å². The minimum Gasteiger partial charge on any atom is -0.393 e. The van der Waals surface area contributed by atoms with Gasteiger partial charge in [0, 0.05) is 0 Å². The molecule has 2 unspecified atom stereocenters. The van der Waals surface area contributed by atoms with E-state index in [9.17, 15) is 5.11 Å². The normalized spacial score (nSPS) is 16.5. The molecule has 0 aromatic rings. The first-order chi connectivity index (χ1) is 5.61. The Morgan fingerprint density at radius 2 is 1.83 bits per heavy atom. The minimum atomic E-state index is -0.816. The number of aliphatic hydroxyl groups excluding tert-OH is 4. The first kappa shape index (κ1) is 11.8. The highest BCUT2D eigenvalue weighted by molar-refractivity contribution is 4.77. The maximum Gasteiger partial charge on any atom is 0.119 e. The van der Waals surface area contributed by atoms with Gasteiger partial charge in [0.1, 0.15) is 6.10 Å². The molecule has 4 N–H and O–H groups in total. The van der Waals surface area contributed by atoms with Gasteiger partial charge in [-0.15, -0.1) is 0 Å². The summed E-state index contributed by atoms with van der Waals surface area (Å²) in [6.45, 7) is 1.39. The van der Waals surface area contributed by atoms with Crippen molar-refractivity contribution in [1.29, 1.82) is 0 Å². The average Bonchev–Trinajstić information content (AvgIpc) is 2.11. The SMILES string of the molecule is CCC(O)C(O)CC[C](O)CO. The lowest BCUT2D eigenvalue weighted by Crippen LogP contribution is -2.25. The topological polar surface area (TPSA) is 80.9 Å². The van der Waals surface area contributed by atoms with E-state index in [0.29, 0.717) is 6.42 Å². The predicted molar refractivity (Wildman–Crippen MR) is 43.8 cm³/mol. The molecular formula is C8H17O4. The molecule has 0 rings (SSSR count). The molecule has 0 bridgehead atoms. The quantitative estimate of drug-likeness (QED) is 0.453. The van der Waals surface area contributed by atoms with Crippen molar-refractivity contribution in [3.63, 3.8) is 0 Å². The fourth-order valence-electron chi connectivity index (χ4n) is 0.858. The summed E-state index contributed by atoms with van der Waals surface area (Å²) in [6, 6.07) is 0. The average molecular weight is 177 g/mol. The fourth-order valence-corrected chi connectivity index (χ4v) is 0.858. The molecule has 0 aliphatic carbocycles. The van der Waals surface area contributed by atoms with Gasteiger partial charge >= 0.3 is 0 Å². The lowest BCUT2D eigenvalue weighted by molar-refractivity contribution is 0.00817. The Kier molecular flexibility index (Phi) is 6.28. The van der Waals surface area contributed by atoms with Crippen molar-refractivity contribution in [3.05, 3.63) is 6.10 Å². The van der Waals surface area contributed by atoms with Crippen molar-refractivity contribution in [2.75, 3.05) is 6.61 Å². The van der Waals surface area contributed by atoms with Crippen LogP contribution in [-0.4, -0.2) is 39.2 Å². The molecule has 4 heteroatoms. The summed E-state index contributed by atoms with van der Waals surface area (Å²) in [5.74, 6) is 0. The van der Waals surface area contributed by atoms with Gasteiger partial charge in [-0.3, -0.25) is 0 Å². The first-order valence-corrected chi connectivity index (χ1v) is 4.12. The molecule has 0 aromatic carbocycles. The largest absolute Gasteiger partial charge is 0.393 e. The van der Waals surface area contributed by atoms with E-state index in [1.807, 2.05) is 0 Å². The van der Waals surface area contributed by atoms with E-state index in [4.69, 9.17) is 15.3 Å². The van der Waals surface area contributed by atoms with Crippen LogP contribution in [-0.2, 0) is 0 Å². The van der Waals surface area contributed by atoms with E-state index < -0.39 is 12.2 Å². The van der Waals surface area contributed by atoms with Crippen molar-refractivity contribution < 1.29 is 20.4 Å². The molecule has 12 heavy (non-hydrogen) atoms. The monoisotopic (exact) mass is 177 g/mol. The fraction of sp³-hybridized carbons (Fsp3) is 0.875. The van der Waals surface area contributed by atoms with Crippen LogP contribution >= 0.6 is 0 Å². The third-order valence-electron chi connectivity index (χ3n) is 1.77. The highest BCUT2D eigenvalue weighted by atomic mass is 16.3. The highest BCUT2D eigenvalue weighted by Gasteiger charge is 2.15. The molecule has 2 atom stereocenters. The molecule has 73 valence electrons. The lowest BCUT2D eigenvalue weighted by atomic mass is 10.0. The van der Waals surface area contributed by atoms with Crippen molar-refractivity contribution in [2.45, 2.75) is 38.4 Å². The zero-order valence-electron chi connectivity index (χ0n) is 7.27. The Hall–Kier alpha value is -0.160. The van der Waals surface area contributed by atoms with Gasteiger partial charge in [-0.25, -0.2) is 0 Å². The molecule has 0 aliphatic heterocycles. The van der Waals surface area contributed by atoms with Crippen LogP contribution in [0.25, 0.3) is 0 Å². The summed E-state index contributed by atoms with van der Waals surface area (Å²) in [4.78, 5) is 0. The maximum atomic E-state index is 9.21. The van der Waals surface area contributed by atoms with Gasteiger partial charge < -0.3 is 20.4 Å². The van der Waals surface area contributed by atoms with E-state index in [1.54, 1.807) is 6.92 Å². The van der Waals surface area contributed by atoms with E-state index in [1.165, 1.54) is 0 Å². The van der Waals surface area contributed by atoms with Gasteiger partial charge in [0.25, 0.3) is 0 Å². The minimum absolute atomic E-state index is 0.0580. The van der Waals surface area contributed by atoms with Crippen LogP contribution in [0.15, 0.2) is 0 Å². The Morgan fingerprint density at radius 3 is 2.25 bits per heavy atom. The van der Waals surface area contributed by atoms with Crippen LogP contribution in [0.2, 0.25) is 0 Å². The molecule has 0 fully saturated rings. The van der Waals surface area contributed by atoms with E-state index >= 15 is 0 Å². The second kappa shape index (κ2) is 6.37. The third-order valence-corrected chi connectivity index (χ3v) is 1.77.